The molecule has 130 valence electrons. The lowest BCUT2D eigenvalue weighted by Gasteiger charge is -2.25. The quantitative estimate of drug-likeness (QED) is 0.934. The van der Waals surface area contributed by atoms with E-state index in [1.807, 2.05) is 17.0 Å². The molecule has 3 heterocycles. The number of nitrogens with zero attached hydrogens (tertiary/aromatic N) is 2. The van der Waals surface area contributed by atoms with E-state index in [1.54, 1.807) is 6.20 Å². The van der Waals surface area contributed by atoms with Crippen molar-refractivity contribution in [2.24, 2.45) is 0 Å². The van der Waals surface area contributed by atoms with Crippen molar-refractivity contribution >= 4 is 11.7 Å². The van der Waals surface area contributed by atoms with Gasteiger partial charge in [0.05, 0.1) is 25.1 Å². The van der Waals surface area contributed by atoms with Crippen LogP contribution in [0.3, 0.4) is 0 Å². The second-order valence-electron chi connectivity index (χ2n) is 6.74. The highest BCUT2D eigenvalue weighted by molar-refractivity contribution is 5.89. The van der Waals surface area contributed by atoms with Gasteiger partial charge in [-0.25, -0.2) is 4.79 Å². The fourth-order valence-electron chi connectivity index (χ4n) is 3.70. The third-order valence-electron chi connectivity index (χ3n) is 5.00. The van der Waals surface area contributed by atoms with Gasteiger partial charge in [0.2, 0.25) is 0 Å². The van der Waals surface area contributed by atoms with Gasteiger partial charge in [0.25, 0.3) is 0 Å². The van der Waals surface area contributed by atoms with Crippen LogP contribution in [-0.2, 0) is 24.2 Å². The van der Waals surface area contributed by atoms with Crippen molar-refractivity contribution in [3.05, 3.63) is 59.4 Å². The Bertz CT molecular complexity index is 748. The number of likely N-dealkylation sites (tertiary alicyclic amines) is 1. The van der Waals surface area contributed by atoms with Crippen molar-refractivity contribution in [2.45, 2.75) is 38.3 Å². The van der Waals surface area contributed by atoms with Crippen molar-refractivity contribution in [1.29, 1.82) is 0 Å². The molecule has 0 saturated carbocycles. The Labute approximate surface area is 148 Å². The molecule has 1 atom stereocenters. The first-order valence-corrected chi connectivity index (χ1v) is 8.97. The molecule has 0 spiro atoms. The first kappa shape index (κ1) is 16.1. The Morgan fingerprint density at radius 2 is 2.20 bits per heavy atom. The average Bonchev–Trinajstić information content (AvgIpc) is 3.11. The first-order valence-electron chi connectivity index (χ1n) is 8.97. The van der Waals surface area contributed by atoms with Gasteiger partial charge in [-0.3, -0.25) is 4.98 Å². The summed E-state index contributed by atoms with van der Waals surface area (Å²) in [5, 5.41) is 3.02. The van der Waals surface area contributed by atoms with Crippen molar-refractivity contribution in [3.63, 3.8) is 0 Å². The van der Waals surface area contributed by atoms with Gasteiger partial charge in [0.15, 0.2) is 0 Å². The number of benzene rings is 1. The van der Waals surface area contributed by atoms with E-state index in [0.717, 1.165) is 55.8 Å². The largest absolute Gasteiger partial charge is 0.376 e. The minimum Gasteiger partial charge on any atom is -0.376 e. The summed E-state index contributed by atoms with van der Waals surface area (Å²) in [5.74, 6) is 0. The molecule has 1 fully saturated rings. The standard InChI is InChI=1S/C20H23N3O2/c24-20(22-17-12-16-14-25-10-8-19(16)21-13-17)23-9-4-7-18(23)11-15-5-2-1-3-6-15/h1-3,5-6,12-13,18H,4,7-11,14H2,(H,22,24). The number of pyridine rings is 1. The number of carbonyl (C=O) groups excluding carboxylic acids is 1. The topological polar surface area (TPSA) is 54.5 Å². The van der Waals surface area contributed by atoms with Gasteiger partial charge < -0.3 is 15.0 Å². The van der Waals surface area contributed by atoms with Crippen LogP contribution in [0, 0.1) is 0 Å². The number of nitrogens with one attached hydrogen (secondary N) is 1. The number of hydrogen-bond donors (Lipinski definition) is 1. The summed E-state index contributed by atoms with van der Waals surface area (Å²) >= 11 is 0. The molecular formula is C20H23N3O2. The molecule has 0 aliphatic carbocycles. The van der Waals surface area contributed by atoms with Crippen molar-refractivity contribution in [3.8, 4) is 0 Å². The molecule has 4 rings (SSSR count). The summed E-state index contributed by atoms with van der Waals surface area (Å²) in [4.78, 5) is 19.2. The van der Waals surface area contributed by atoms with Crippen LogP contribution in [0.15, 0.2) is 42.6 Å². The number of hydrogen-bond acceptors (Lipinski definition) is 3. The van der Waals surface area contributed by atoms with Crippen molar-refractivity contribution in [2.75, 3.05) is 18.5 Å². The number of aromatic nitrogens is 1. The zero-order valence-corrected chi connectivity index (χ0v) is 14.3. The maximum Gasteiger partial charge on any atom is 0.322 e. The molecule has 5 heteroatoms. The van der Waals surface area contributed by atoms with E-state index in [1.165, 1.54) is 5.56 Å². The fraction of sp³-hybridized carbons (Fsp3) is 0.400. The smallest absolute Gasteiger partial charge is 0.322 e. The van der Waals surface area contributed by atoms with Crippen molar-refractivity contribution in [1.82, 2.24) is 9.88 Å². The van der Waals surface area contributed by atoms with Crippen LogP contribution < -0.4 is 5.32 Å². The van der Waals surface area contributed by atoms with Crippen LogP contribution in [0.4, 0.5) is 10.5 Å². The summed E-state index contributed by atoms with van der Waals surface area (Å²) in [6, 6.07) is 12.6. The highest BCUT2D eigenvalue weighted by Crippen LogP contribution is 2.23. The van der Waals surface area contributed by atoms with E-state index in [4.69, 9.17) is 4.74 Å². The molecule has 0 bridgehead atoms. The summed E-state index contributed by atoms with van der Waals surface area (Å²) in [7, 11) is 0. The molecule has 1 aromatic carbocycles. The summed E-state index contributed by atoms with van der Waals surface area (Å²) in [5.41, 5.74) is 4.18. The average molecular weight is 337 g/mol. The van der Waals surface area contributed by atoms with Gasteiger partial charge in [0, 0.05) is 30.3 Å². The van der Waals surface area contributed by atoms with Crippen LogP contribution in [-0.4, -0.2) is 35.1 Å². The maximum atomic E-state index is 12.7. The van der Waals surface area contributed by atoms with Gasteiger partial charge >= 0.3 is 6.03 Å². The number of ether oxygens (including phenoxy) is 1. The number of amides is 2. The van der Waals surface area contributed by atoms with E-state index < -0.39 is 0 Å². The Morgan fingerprint density at radius 1 is 1.32 bits per heavy atom. The number of rotatable bonds is 3. The second-order valence-corrected chi connectivity index (χ2v) is 6.74. The minimum absolute atomic E-state index is 0.0306. The molecule has 5 nitrogen and oxygen atoms in total. The number of anilines is 1. The van der Waals surface area contributed by atoms with Crippen LogP contribution in [0.2, 0.25) is 0 Å². The molecule has 25 heavy (non-hydrogen) atoms. The van der Waals surface area contributed by atoms with E-state index in [2.05, 4.69) is 34.6 Å². The number of carbonyl (C=O) groups is 1. The SMILES string of the molecule is O=C(Nc1cnc2c(c1)COCC2)N1CCCC1Cc1ccccc1. The molecular weight excluding hydrogens is 314 g/mol. The third kappa shape index (κ3) is 3.66. The molecule has 2 aromatic rings. The number of urea groups is 1. The van der Waals surface area contributed by atoms with Gasteiger partial charge in [-0.05, 0) is 30.9 Å². The molecule has 1 aromatic heterocycles. The van der Waals surface area contributed by atoms with E-state index in [9.17, 15) is 4.79 Å². The Balaban J connectivity index is 1.43. The normalized spacial score (nSPS) is 19.5. The van der Waals surface area contributed by atoms with Gasteiger partial charge in [-0.15, -0.1) is 0 Å². The monoisotopic (exact) mass is 337 g/mol. The summed E-state index contributed by atoms with van der Waals surface area (Å²) in [6.45, 7) is 2.11. The van der Waals surface area contributed by atoms with Crippen LogP contribution >= 0.6 is 0 Å². The molecule has 2 aliphatic rings. The van der Waals surface area contributed by atoms with Crippen LogP contribution in [0.5, 0.6) is 0 Å². The summed E-state index contributed by atoms with van der Waals surface area (Å²) < 4.78 is 5.48. The summed E-state index contributed by atoms with van der Waals surface area (Å²) in [6.07, 6.45) is 5.61. The van der Waals surface area contributed by atoms with E-state index in [0.29, 0.717) is 6.61 Å². The van der Waals surface area contributed by atoms with Gasteiger partial charge in [-0.2, -0.15) is 0 Å². The van der Waals surface area contributed by atoms with Crippen molar-refractivity contribution < 1.29 is 9.53 Å². The zero-order chi connectivity index (χ0) is 17.1. The van der Waals surface area contributed by atoms with Gasteiger partial charge in [-0.1, -0.05) is 30.3 Å². The van der Waals surface area contributed by atoms with E-state index in [-0.39, 0.29) is 12.1 Å². The second kappa shape index (κ2) is 7.23. The first-order chi connectivity index (χ1) is 12.3. The fourth-order valence-corrected chi connectivity index (χ4v) is 3.70. The highest BCUT2D eigenvalue weighted by atomic mass is 16.5. The minimum atomic E-state index is -0.0306. The molecule has 1 unspecified atom stereocenters. The number of fused-ring (bicyclic) bond motifs is 1. The van der Waals surface area contributed by atoms with Crippen LogP contribution in [0.25, 0.3) is 0 Å². The predicted octanol–water partition coefficient (Wildman–Crippen LogP) is 3.39. The Morgan fingerprint density at radius 3 is 3.08 bits per heavy atom. The highest BCUT2D eigenvalue weighted by Gasteiger charge is 2.29. The zero-order valence-electron chi connectivity index (χ0n) is 14.3. The molecule has 0 radical (unpaired) electrons. The van der Waals surface area contributed by atoms with Gasteiger partial charge in [0.1, 0.15) is 0 Å². The molecule has 1 N–H and O–H groups in total. The predicted molar refractivity (Wildman–Crippen MR) is 96.5 cm³/mol. The lowest BCUT2D eigenvalue weighted by Crippen LogP contribution is -2.39. The molecule has 2 amide bonds. The van der Waals surface area contributed by atoms with E-state index >= 15 is 0 Å². The Kier molecular flexibility index (Phi) is 4.65. The molecule has 2 aliphatic heterocycles. The van der Waals surface area contributed by atoms with Crippen LogP contribution in [0.1, 0.15) is 29.7 Å². The maximum absolute atomic E-state index is 12.7. The third-order valence-corrected chi connectivity index (χ3v) is 5.00. The lowest BCUT2D eigenvalue weighted by atomic mass is 10.0. The lowest BCUT2D eigenvalue weighted by molar-refractivity contribution is 0.109. The Hall–Kier alpha value is -2.40. The molecule has 1 saturated heterocycles.